The molecule has 0 bridgehead atoms. The summed E-state index contributed by atoms with van der Waals surface area (Å²) in [6.07, 6.45) is 1.59. The number of hydrogen-bond donors (Lipinski definition) is 2. The molecular weight excluding hydrogens is 411 g/mol. The van der Waals surface area contributed by atoms with Crippen LogP contribution in [-0.2, 0) is 10.0 Å². The molecule has 0 saturated carbocycles. The van der Waals surface area contributed by atoms with Gasteiger partial charge in [0.25, 0.3) is 0 Å². The van der Waals surface area contributed by atoms with Crippen molar-refractivity contribution in [2.75, 3.05) is 24.3 Å². The van der Waals surface area contributed by atoms with Crippen LogP contribution in [0.1, 0.15) is 0 Å². The molecule has 0 spiro atoms. The first-order valence-corrected chi connectivity index (χ1v) is 9.60. The number of rotatable bonds is 6. The monoisotopic (exact) mass is 427 g/mol. The second kappa shape index (κ2) is 7.66. The predicted octanol–water partition coefficient (Wildman–Crippen LogP) is 4.26. The van der Waals surface area contributed by atoms with Crippen molar-refractivity contribution in [2.45, 2.75) is 5.51 Å². The summed E-state index contributed by atoms with van der Waals surface area (Å²) in [5, 5.41) is 3.85. The van der Waals surface area contributed by atoms with Gasteiger partial charge in [-0.05, 0) is 36.4 Å². The summed E-state index contributed by atoms with van der Waals surface area (Å²) in [6.45, 7) is 0. The Balaban J connectivity index is 1.88. The molecule has 3 aromatic rings. The third-order valence-corrected chi connectivity index (χ3v) is 5.08. The molecule has 154 valence electrons. The van der Waals surface area contributed by atoms with E-state index in [-0.39, 0.29) is 5.69 Å². The van der Waals surface area contributed by atoms with Gasteiger partial charge in [-0.25, -0.2) is 0 Å². The van der Waals surface area contributed by atoms with Gasteiger partial charge >= 0.3 is 15.5 Å². The lowest BCUT2D eigenvalue weighted by Gasteiger charge is -2.14. The maximum Gasteiger partial charge on any atom is 0.516 e. The lowest BCUT2D eigenvalue weighted by atomic mass is 10.1. The highest BCUT2D eigenvalue weighted by Crippen LogP contribution is 2.35. The Morgan fingerprint density at radius 3 is 2.10 bits per heavy atom. The van der Waals surface area contributed by atoms with Crippen molar-refractivity contribution in [1.29, 1.82) is 0 Å². The number of ether oxygens (including phenoxy) is 2. The number of pyridine rings is 1. The molecule has 1 aromatic heterocycles. The topological polar surface area (TPSA) is 89.5 Å². The van der Waals surface area contributed by atoms with Gasteiger partial charge in [0, 0.05) is 34.7 Å². The molecule has 0 atom stereocenters. The molecule has 0 unspecified atom stereocenters. The summed E-state index contributed by atoms with van der Waals surface area (Å²) in [5.74, 6) is 1.03. The van der Waals surface area contributed by atoms with Crippen molar-refractivity contribution >= 4 is 38.0 Å². The van der Waals surface area contributed by atoms with Crippen molar-refractivity contribution in [3.05, 3.63) is 48.7 Å². The highest BCUT2D eigenvalue weighted by Gasteiger charge is 2.46. The van der Waals surface area contributed by atoms with Crippen LogP contribution in [0.15, 0.2) is 48.7 Å². The van der Waals surface area contributed by atoms with E-state index < -0.39 is 15.5 Å². The fourth-order valence-corrected chi connectivity index (χ4v) is 3.13. The third-order valence-electron chi connectivity index (χ3n) is 3.97. The number of sulfonamides is 1. The van der Waals surface area contributed by atoms with Crippen LogP contribution in [0.25, 0.3) is 10.9 Å². The van der Waals surface area contributed by atoms with E-state index in [1.54, 1.807) is 24.4 Å². The van der Waals surface area contributed by atoms with Gasteiger partial charge < -0.3 is 14.8 Å². The zero-order valence-corrected chi connectivity index (χ0v) is 16.1. The number of methoxy groups -OCH3 is 2. The fraction of sp³-hybridized carbons (Fsp3) is 0.167. The van der Waals surface area contributed by atoms with Gasteiger partial charge in [-0.15, -0.1) is 0 Å². The Morgan fingerprint density at radius 1 is 0.931 bits per heavy atom. The minimum atomic E-state index is -5.47. The molecule has 11 heteroatoms. The molecule has 0 amide bonds. The molecule has 0 aliphatic heterocycles. The highest BCUT2D eigenvalue weighted by atomic mass is 32.2. The Labute approximate surface area is 164 Å². The maximum atomic E-state index is 12.5. The number of nitrogens with zero attached hydrogens (tertiary/aromatic N) is 1. The summed E-state index contributed by atoms with van der Waals surface area (Å²) in [5.41, 5.74) is -3.76. The Morgan fingerprint density at radius 2 is 1.52 bits per heavy atom. The largest absolute Gasteiger partial charge is 0.516 e. The van der Waals surface area contributed by atoms with Gasteiger partial charge in [-0.3, -0.25) is 9.71 Å². The Hall–Kier alpha value is -3.21. The molecule has 0 aliphatic carbocycles. The average molecular weight is 427 g/mol. The molecule has 0 radical (unpaired) electrons. The number of anilines is 3. The molecule has 7 nitrogen and oxygen atoms in total. The summed E-state index contributed by atoms with van der Waals surface area (Å²) >= 11 is 0. The van der Waals surface area contributed by atoms with Crippen LogP contribution in [0.5, 0.6) is 11.5 Å². The lowest BCUT2D eigenvalue weighted by molar-refractivity contribution is -0.0429. The van der Waals surface area contributed by atoms with E-state index in [4.69, 9.17) is 9.47 Å². The quantitative estimate of drug-likeness (QED) is 0.611. The van der Waals surface area contributed by atoms with E-state index in [1.807, 2.05) is 0 Å². The fourth-order valence-electron chi connectivity index (χ4n) is 2.57. The summed E-state index contributed by atoms with van der Waals surface area (Å²) < 4.78 is 71.8. The van der Waals surface area contributed by atoms with Crippen LogP contribution < -0.4 is 19.5 Å². The zero-order valence-electron chi connectivity index (χ0n) is 15.2. The molecule has 2 N–H and O–H groups in total. The molecule has 0 fully saturated rings. The van der Waals surface area contributed by atoms with Gasteiger partial charge in [0.2, 0.25) is 0 Å². The van der Waals surface area contributed by atoms with Gasteiger partial charge in [-0.1, -0.05) is 0 Å². The number of aromatic nitrogens is 1. The van der Waals surface area contributed by atoms with E-state index >= 15 is 0 Å². The van der Waals surface area contributed by atoms with Crippen LogP contribution in [0.2, 0.25) is 0 Å². The van der Waals surface area contributed by atoms with Crippen molar-refractivity contribution in [3.63, 3.8) is 0 Å². The summed E-state index contributed by atoms with van der Waals surface area (Å²) in [6, 6.07) is 10.5. The SMILES string of the molecule is COc1cc2nccc(Nc3ccc(NS(=O)(=O)C(F)(F)F)cc3)c2cc1OC. The van der Waals surface area contributed by atoms with Crippen LogP contribution in [0.3, 0.4) is 0 Å². The molecule has 0 aliphatic rings. The molecule has 3 rings (SSSR count). The standard InChI is InChI=1S/C18H16F3N3O4S/c1-27-16-9-13-14(7-8-22-15(13)10-17(16)28-2)23-11-3-5-12(6-4-11)24-29(25,26)18(19,20)21/h3-10,24H,1-2H3,(H,22,23). The number of benzene rings is 2. The number of halogens is 3. The number of fused-ring (bicyclic) bond motifs is 1. The second-order valence-electron chi connectivity index (χ2n) is 5.84. The summed E-state index contributed by atoms with van der Waals surface area (Å²) in [7, 11) is -2.45. The molecule has 29 heavy (non-hydrogen) atoms. The van der Waals surface area contributed by atoms with E-state index in [1.165, 1.54) is 43.2 Å². The highest BCUT2D eigenvalue weighted by molar-refractivity contribution is 7.93. The number of alkyl halides is 3. The van der Waals surface area contributed by atoms with Crippen molar-refractivity contribution in [3.8, 4) is 11.5 Å². The Kier molecular flexibility index (Phi) is 5.42. The van der Waals surface area contributed by atoms with Gasteiger partial charge in [0.1, 0.15) is 0 Å². The maximum absolute atomic E-state index is 12.5. The lowest BCUT2D eigenvalue weighted by Crippen LogP contribution is -2.29. The molecular formula is C18H16F3N3O4S. The molecule has 1 heterocycles. The Bertz CT molecular complexity index is 1130. The van der Waals surface area contributed by atoms with E-state index in [0.717, 1.165) is 5.39 Å². The molecule has 0 saturated heterocycles. The first-order chi connectivity index (χ1) is 13.6. The van der Waals surface area contributed by atoms with Crippen LogP contribution in [-0.4, -0.2) is 33.1 Å². The van der Waals surface area contributed by atoms with E-state index in [9.17, 15) is 21.6 Å². The summed E-state index contributed by atoms with van der Waals surface area (Å²) in [4.78, 5) is 4.29. The van der Waals surface area contributed by atoms with Crippen molar-refractivity contribution in [2.24, 2.45) is 0 Å². The van der Waals surface area contributed by atoms with E-state index in [2.05, 4.69) is 10.3 Å². The van der Waals surface area contributed by atoms with Crippen molar-refractivity contribution < 1.29 is 31.1 Å². The van der Waals surface area contributed by atoms with Crippen LogP contribution in [0.4, 0.5) is 30.2 Å². The van der Waals surface area contributed by atoms with Gasteiger partial charge in [0.15, 0.2) is 11.5 Å². The zero-order chi connectivity index (χ0) is 21.2. The first kappa shape index (κ1) is 20.5. The molecule has 2 aromatic carbocycles. The van der Waals surface area contributed by atoms with Crippen molar-refractivity contribution in [1.82, 2.24) is 4.98 Å². The average Bonchev–Trinajstić information content (AvgIpc) is 2.67. The van der Waals surface area contributed by atoms with Gasteiger partial charge in [0.05, 0.1) is 19.7 Å². The van der Waals surface area contributed by atoms with Crippen LogP contribution in [0, 0.1) is 0 Å². The normalized spacial score (nSPS) is 11.9. The number of hydrogen-bond acceptors (Lipinski definition) is 6. The van der Waals surface area contributed by atoms with E-state index in [0.29, 0.717) is 28.4 Å². The second-order valence-corrected chi connectivity index (χ2v) is 7.51. The first-order valence-electron chi connectivity index (χ1n) is 8.11. The van der Waals surface area contributed by atoms with Crippen LogP contribution >= 0.6 is 0 Å². The third kappa shape index (κ3) is 4.29. The smallest absolute Gasteiger partial charge is 0.493 e. The number of nitrogens with one attached hydrogen (secondary N) is 2. The minimum absolute atomic E-state index is 0.209. The minimum Gasteiger partial charge on any atom is -0.493 e. The predicted molar refractivity (Wildman–Crippen MR) is 103 cm³/mol. The van der Waals surface area contributed by atoms with Gasteiger partial charge in [-0.2, -0.15) is 21.6 Å².